The number of alkyl halides is 4. The molecule has 4 aromatic heterocycles. The lowest BCUT2D eigenvalue weighted by Gasteiger charge is -2.42. The van der Waals surface area contributed by atoms with E-state index in [0.29, 0.717) is 47.0 Å². The number of halogens is 4. The average molecular weight is 835 g/mol. The van der Waals surface area contributed by atoms with Gasteiger partial charge in [0.05, 0.1) is 35.9 Å². The van der Waals surface area contributed by atoms with E-state index in [9.17, 15) is 36.7 Å². The Bertz CT molecular complexity index is 2050. The second kappa shape index (κ2) is 18.4. The Hall–Kier alpha value is -6.20. The second-order valence-electron chi connectivity index (χ2n) is 15.3. The number of hydrogen-bond donors (Lipinski definition) is 4. The number of nitrogens with two attached hydrogens (primary N) is 2. The van der Waals surface area contributed by atoms with Gasteiger partial charge in [-0.2, -0.15) is 0 Å². The zero-order chi connectivity index (χ0) is 44.1. The number of carbonyl (C=O) groups excluding carboxylic acids is 4. The largest absolute Gasteiger partial charge is 0.383 e. The minimum absolute atomic E-state index is 0.238. The molecule has 0 bridgehead atoms. The molecule has 0 aromatic carbocycles. The summed E-state index contributed by atoms with van der Waals surface area (Å²) in [5.74, 6) is -10.9. The fraction of sp³-hybridized carbons (Fsp3) is 0.429. The van der Waals surface area contributed by atoms with Gasteiger partial charge in [0, 0.05) is 61.5 Å². The maximum atomic E-state index is 14.4. The predicted octanol–water partition coefficient (Wildman–Crippen LogP) is 6.23. The number of pyridine rings is 4. The second-order valence-corrected chi connectivity index (χ2v) is 15.3. The first-order valence-corrected chi connectivity index (χ1v) is 19.6. The van der Waals surface area contributed by atoms with Crippen molar-refractivity contribution in [3.8, 4) is 0 Å². The van der Waals surface area contributed by atoms with Crippen LogP contribution in [0.25, 0.3) is 0 Å². The lowest BCUT2D eigenvalue weighted by Crippen LogP contribution is -2.52. The molecule has 18 heteroatoms. The summed E-state index contributed by atoms with van der Waals surface area (Å²) in [7, 11) is 0. The van der Waals surface area contributed by atoms with E-state index in [-0.39, 0.29) is 13.1 Å². The minimum atomic E-state index is -2.96. The highest BCUT2D eigenvalue weighted by Crippen LogP contribution is 2.44. The monoisotopic (exact) mass is 834 g/mol. The van der Waals surface area contributed by atoms with Crippen LogP contribution in [0.5, 0.6) is 0 Å². The van der Waals surface area contributed by atoms with Crippen LogP contribution in [-0.4, -0.2) is 78.3 Å². The van der Waals surface area contributed by atoms with Crippen molar-refractivity contribution < 1.29 is 36.7 Å². The highest BCUT2D eigenvalue weighted by atomic mass is 19.3. The Morgan fingerprint density at radius 3 is 1.33 bits per heavy atom. The van der Waals surface area contributed by atoms with Crippen LogP contribution in [0.1, 0.15) is 86.3 Å². The number of rotatable bonds is 6. The van der Waals surface area contributed by atoms with Crippen molar-refractivity contribution in [1.29, 1.82) is 0 Å². The number of aromatic nitrogens is 4. The Labute approximate surface area is 345 Å². The van der Waals surface area contributed by atoms with Gasteiger partial charge >= 0.3 is 23.6 Å². The Morgan fingerprint density at radius 2 is 1.02 bits per heavy atom. The molecule has 0 radical (unpaired) electrons. The third-order valence-electron chi connectivity index (χ3n) is 10.9. The van der Waals surface area contributed by atoms with E-state index in [1.165, 1.54) is 48.4 Å². The molecule has 4 amide bonds. The van der Waals surface area contributed by atoms with Crippen molar-refractivity contribution in [1.82, 2.24) is 29.7 Å². The van der Waals surface area contributed by atoms with Crippen molar-refractivity contribution in [2.45, 2.75) is 91.2 Å². The summed E-state index contributed by atoms with van der Waals surface area (Å²) in [5.41, 5.74) is 16.0. The van der Waals surface area contributed by atoms with Crippen LogP contribution >= 0.6 is 0 Å². The number of nitrogen functional groups attached to an aromatic ring is 2. The summed E-state index contributed by atoms with van der Waals surface area (Å²) in [6, 6.07) is 8.10. The first kappa shape index (κ1) is 44.9. The van der Waals surface area contributed by atoms with Gasteiger partial charge in [0.25, 0.3) is 11.8 Å². The van der Waals surface area contributed by atoms with Crippen molar-refractivity contribution in [3.05, 3.63) is 94.8 Å². The Morgan fingerprint density at radius 1 is 0.650 bits per heavy atom. The third kappa shape index (κ3) is 10.3. The summed E-state index contributed by atoms with van der Waals surface area (Å²) in [6.07, 6.45) is 5.74. The van der Waals surface area contributed by atoms with Crippen LogP contribution in [0, 0.1) is 25.7 Å². The van der Waals surface area contributed by atoms with Crippen molar-refractivity contribution >= 4 is 46.6 Å². The first-order chi connectivity index (χ1) is 28.2. The van der Waals surface area contributed by atoms with Gasteiger partial charge < -0.3 is 31.9 Å². The molecule has 6 rings (SSSR count). The SMILES string of the molecule is CCc1cc(NC(=O)C(=O)N2C[C@@H](C)C(F)(F)C[C@@H]2c2ccc(C)nc2)cnc1N.CCc1cc(NC(=O)C(=O)N2C[C@H](C)C(F)(F)C[C@H]2c2ccc(C)nc2)cnc1N. The highest BCUT2D eigenvalue weighted by Gasteiger charge is 2.50. The lowest BCUT2D eigenvalue weighted by molar-refractivity contribution is -0.159. The molecular weight excluding hydrogens is 785 g/mol. The number of anilines is 4. The van der Waals surface area contributed by atoms with Crippen LogP contribution in [0.3, 0.4) is 0 Å². The molecule has 2 saturated heterocycles. The van der Waals surface area contributed by atoms with E-state index in [0.717, 1.165) is 22.5 Å². The number of amides is 4. The molecule has 320 valence electrons. The number of likely N-dealkylation sites (tertiary alicyclic amines) is 2. The zero-order valence-corrected chi connectivity index (χ0v) is 34.3. The van der Waals surface area contributed by atoms with Crippen LogP contribution in [0.15, 0.2) is 61.2 Å². The number of hydrogen-bond acceptors (Lipinski definition) is 10. The molecule has 0 unspecified atom stereocenters. The van der Waals surface area contributed by atoms with Gasteiger partial charge in [-0.15, -0.1) is 0 Å². The third-order valence-corrected chi connectivity index (χ3v) is 10.9. The van der Waals surface area contributed by atoms with Crippen molar-refractivity contribution in [3.63, 3.8) is 0 Å². The maximum absolute atomic E-state index is 14.4. The lowest BCUT2D eigenvalue weighted by atomic mass is 9.87. The zero-order valence-electron chi connectivity index (χ0n) is 34.3. The van der Waals surface area contributed by atoms with Gasteiger partial charge in [0.2, 0.25) is 0 Å². The smallest absolute Gasteiger partial charge is 0.313 e. The molecule has 0 saturated carbocycles. The molecule has 14 nitrogen and oxygen atoms in total. The van der Waals surface area contributed by atoms with Gasteiger partial charge in [-0.05, 0) is 73.2 Å². The van der Waals surface area contributed by atoms with Crippen LogP contribution in [-0.2, 0) is 32.0 Å². The van der Waals surface area contributed by atoms with E-state index >= 15 is 0 Å². The number of carbonyl (C=O) groups is 4. The highest BCUT2D eigenvalue weighted by molar-refractivity contribution is 6.40. The van der Waals surface area contributed by atoms with Crippen LogP contribution < -0.4 is 22.1 Å². The standard InChI is InChI=1S/2C21H25F2N5O2/c2*1-4-14-7-16(10-26-18(14)24)27-19(29)20(30)28-11-12(2)21(22,23)8-17(28)15-6-5-13(3)25-9-15/h2*5-7,9-10,12,17H,4,8,11H2,1-3H3,(H2,24,26)(H,27,29)/t2*12-,17-/m10/s1. The molecular formula is C42H50F4N10O4. The summed E-state index contributed by atoms with van der Waals surface area (Å²) in [6.45, 7) is 9.61. The fourth-order valence-corrected chi connectivity index (χ4v) is 7.02. The van der Waals surface area contributed by atoms with Gasteiger partial charge in [-0.1, -0.05) is 39.8 Å². The molecule has 2 fully saturated rings. The van der Waals surface area contributed by atoms with E-state index in [1.54, 1.807) is 50.2 Å². The quantitative estimate of drug-likeness (QED) is 0.128. The minimum Gasteiger partial charge on any atom is -0.383 e. The van der Waals surface area contributed by atoms with Gasteiger partial charge in [0.1, 0.15) is 11.6 Å². The van der Waals surface area contributed by atoms with E-state index < -0.39 is 72.2 Å². The molecule has 6 heterocycles. The fourth-order valence-electron chi connectivity index (χ4n) is 7.02. The number of aryl methyl sites for hydroxylation is 4. The predicted molar refractivity (Wildman–Crippen MR) is 218 cm³/mol. The molecule has 2 aliphatic rings. The summed E-state index contributed by atoms with van der Waals surface area (Å²) in [4.78, 5) is 69.9. The average Bonchev–Trinajstić information content (AvgIpc) is 3.21. The Kier molecular flexibility index (Phi) is 13.8. The molecule has 6 N–H and O–H groups in total. The normalized spacial score (nSPS) is 20.6. The van der Waals surface area contributed by atoms with Crippen molar-refractivity contribution in [2.24, 2.45) is 11.8 Å². The Balaban J connectivity index is 0.000000228. The number of nitrogens with zero attached hydrogens (tertiary/aromatic N) is 6. The van der Waals surface area contributed by atoms with Gasteiger partial charge in [0.15, 0.2) is 0 Å². The van der Waals surface area contributed by atoms with E-state index in [2.05, 4.69) is 30.6 Å². The molecule has 60 heavy (non-hydrogen) atoms. The molecule has 4 atom stereocenters. The summed E-state index contributed by atoms with van der Waals surface area (Å²) < 4.78 is 57.8. The maximum Gasteiger partial charge on any atom is 0.313 e. The van der Waals surface area contributed by atoms with Crippen LogP contribution in [0.2, 0.25) is 0 Å². The number of nitrogens with one attached hydrogen (secondary N) is 2. The van der Waals surface area contributed by atoms with Crippen LogP contribution in [0.4, 0.5) is 40.6 Å². The molecule has 4 aromatic rings. The van der Waals surface area contributed by atoms with E-state index in [1.807, 2.05) is 13.8 Å². The van der Waals surface area contributed by atoms with Gasteiger partial charge in [-0.3, -0.25) is 29.1 Å². The van der Waals surface area contributed by atoms with E-state index in [4.69, 9.17) is 11.5 Å². The summed E-state index contributed by atoms with van der Waals surface area (Å²) in [5, 5.41) is 5.01. The van der Waals surface area contributed by atoms with Gasteiger partial charge in [-0.25, -0.2) is 27.5 Å². The topological polar surface area (TPSA) is 202 Å². The summed E-state index contributed by atoms with van der Waals surface area (Å²) >= 11 is 0. The van der Waals surface area contributed by atoms with Crippen molar-refractivity contribution in [2.75, 3.05) is 35.2 Å². The first-order valence-electron chi connectivity index (χ1n) is 19.6. The molecule has 2 aliphatic heterocycles. The molecule has 0 spiro atoms. The molecule has 0 aliphatic carbocycles. The number of piperidine rings is 2.